The third-order valence-corrected chi connectivity index (χ3v) is 6.51. The molecule has 2 saturated heterocycles. The van der Waals surface area contributed by atoms with Crippen LogP contribution in [0.2, 0.25) is 0 Å². The molecule has 9 heteroatoms. The fourth-order valence-corrected chi connectivity index (χ4v) is 4.59. The molecular weight excluding hydrogens is 437 g/mol. The first-order valence-electron chi connectivity index (χ1n) is 10.4. The molecule has 0 aliphatic carbocycles. The number of aromatic amines is 1. The molecule has 2 aliphatic rings. The average molecular weight is 468 g/mol. The lowest BCUT2D eigenvalue weighted by Crippen LogP contribution is -2.53. The summed E-state index contributed by atoms with van der Waals surface area (Å²) in [7, 11) is 0. The van der Waals surface area contributed by atoms with Gasteiger partial charge in [0, 0.05) is 50.9 Å². The van der Waals surface area contributed by atoms with Crippen molar-refractivity contribution in [3.05, 3.63) is 54.1 Å². The lowest BCUT2D eigenvalue weighted by atomic mass is 9.72. The van der Waals surface area contributed by atoms with Crippen LogP contribution in [0.5, 0.6) is 0 Å². The second-order valence-corrected chi connectivity index (χ2v) is 8.36. The van der Waals surface area contributed by atoms with Crippen LogP contribution in [-0.4, -0.2) is 57.8 Å². The van der Waals surface area contributed by atoms with E-state index in [1.165, 1.54) is 0 Å². The molecule has 2 aliphatic heterocycles. The molecule has 1 atom stereocenters. The van der Waals surface area contributed by atoms with Gasteiger partial charge >= 0.3 is 0 Å². The molecule has 0 unspecified atom stereocenters. The summed E-state index contributed by atoms with van der Waals surface area (Å²) in [5.74, 6) is 0.230. The molecule has 4 rings (SSSR count). The predicted molar refractivity (Wildman–Crippen MR) is 124 cm³/mol. The second-order valence-electron chi connectivity index (χ2n) is 8.36. The van der Waals surface area contributed by atoms with E-state index >= 15 is 0 Å². The van der Waals surface area contributed by atoms with E-state index in [2.05, 4.69) is 9.97 Å². The molecule has 7 nitrogen and oxygen atoms in total. The Morgan fingerprint density at radius 3 is 2.52 bits per heavy atom. The summed E-state index contributed by atoms with van der Waals surface area (Å²) in [4.78, 5) is 36.3. The van der Waals surface area contributed by atoms with Crippen LogP contribution in [0.1, 0.15) is 43.0 Å². The molecule has 2 fully saturated rings. The van der Waals surface area contributed by atoms with E-state index < -0.39 is 6.04 Å². The van der Waals surface area contributed by atoms with Crippen molar-refractivity contribution >= 4 is 36.6 Å². The molecule has 2 aromatic rings. The first kappa shape index (κ1) is 25.2. The maximum Gasteiger partial charge on any atom is 0.244 e. The number of aromatic nitrogens is 2. The SMILES string of the molecule is Cl.Cl.N[C@@H](C(=O)N1CCC2(CCC(=O)N(CCc3cnc[nH]3)C2)CC1)c1ccccc1. The zero-order valence-corrected chi connectivity index (χ0v) is 19.2. The van der Waals surface area contributed by atoms with Gasteiger partial charge in [0.15, 0.2) is 0 Å². The van der Waals surface area contributed by atoms with Gasteiger partial charge in [-0.1, -0.05) is 30.3 Å². The lowest BCUT2D eigenvalue weighted by molar-refractivity contribution is -0.143. The number of imidazole rings is 1. The summed E-state index contributed by atoms with van der Waals surface area (Å²) >= 11 is 0. The maximum atomic E-state index is 12.8. The van der Waals surface area contributed by atoms with Crippen molar-refractivity contribution in [1.82, 2.24) is 19.8 Å². The van der Waals surface area contributed by atoms with Gasteiger partial charge in [0.2, 0.25) is 11.8 Å². The molecule has 2 amide bonds. The van der Waals surface area contributed by atoms with Crippen molar-refractivity contribution in [2.24, 2.45) is 11.1 Å². The summed E-state index contributed by atoms with van der Waals surface area (Å²) in [5, 5.41) is 0. The summed E-state index contributed by atoms with van der Waals surface area (Å²) in [6.45, 7) is 2.92. The fourth-order valence-electron chi connectivity index (χ4n) is 4.59. The Labute approximate surface area is 195 Å². The number of carbonyl (C=O) groups is 2. The van der Waals surface area contributed by atoms with Gasteiger partial charge in [-0.25, -0.2) is 4.98 Å². The second kappa shape index (κ2) is 11.0. The number of piperidine rings is 2. The van der Waals surface area contributed by atoms with Gasteiger partial charge in [-0.05, 0) is 30.2 Å². The Morgan fingerprint density at radius 2 is 1.87 bits per heavy atom. The maximum absolute atomic E-state index is 12.8. The van der Waals surface area contributed by atoms with Crippen molar-refractivity contribution in [1.29, 1.82) is 0 Å². The zero-order valence-electron chi connectivity index (χ0n) is 17.5. The number of benzene rings is 1. The van der Waals surface area contributed by atoms with Crippen LogP contribution >= 0.6 is 24.8 Å². The normalized spacial score (nSPS) is 18.8. The number of rotatable bonds is 5. The van der Waals surface area contributed by atoms with Crippen LogP contribution in [0, 0.1) is 5.41 Å². The minimum Gasteiger partial charge on any atom is -0.348 e. The van der Waals surface area contributed by atoms with Crippen molar-refractivity contribution in [2.45, 2.75) is 38.1 Å². The highest BCUT2D eigenvalue weighted by Crippen LogP contribution is 2.40. The zero-order chi connectivity index (χ0) is 20.3. The molecule has 3 N–H and O–H groups in total. The molecule has 0 bridgehead atoms. The quantitative estimate of drug-likeness (QED) is 0.706. The molecule has 0 radical (unpaired) electrons. The van der Waals surface area contributed by atoms with Crippen LogP contribution in [0.15, 0.2) is 42.9 Å². The van der Waals surface area contributed by atoms with Crippen molar-refractivity contribution in [2.75, 3.05) is 26.2 Å². The molecule has 31 heavy (non-hydrogen) atoms. The number of nitrogens with two attached hydrogens (primary N) is 1. The van der Waals surface area contributed by atoms with E-state index in [0.717, 1.165) is 43.5 Å². The van der Waals surface area contributed by atoms with Gasteiger partial charge in [0.1, 0.15) is 6.04 Å². The van der Waals surface area contributed by atoms with Crippen LogP contribution in [0.25, 0.3) is 0 Å². The molecule has 1 aromatic carbocycles. The highest BCUT2D eigenvalue weighted by Gasteiger charge is 2.42. The number of halogens is 2. The summed E-state index contributed by atoms with van der Waals surface area (Å²) in [6.07, 6.45) is 7.63. The molecular formula is C22H31Cl2N5O2. The van der Waals surface area contributed by atoms with Crippen LogP contribution in [-0.2, 0) is 16.0 Å². The molecule has 170 valence electrons. The Hall–Kier alpha value is -2.09. The van der Waals surface area contributed by atoms with Gasteiger partial charge in [0.25, 0.3) is 0 Å². The van der Waals surface area contributed by atoms with E-state index in [0.29, 0.717) is 26.1 Å². The minimum absolute atomic E-state index is 0. The van der Waals surface area contributed by atoms with Crippen LogP contribution in [0.4, 0.5) is 0 Å². The number of amides is 2. The number of hydrogen-bond donors (Lipinski definition) is 2. The lowest BCUT2D eigenvalue weighted by Gasteiger charge is -2.47. The number of hydrogen-bond acceptors (Lipinski definition) is 4. The number of H-pyrrole nitrogens is 1. The van der Waals surface area contributed by atoms with Gasteiger partial charge in [0.05, 0.1) is 6.33 Å². The number of nitrogens with one attached hydrogen (secondary N) is 1. The van der Waals surface area contributed by atoms with Gasteiger partial charge in [-0.15, -0.1) is 24.8 Å². The standard InChI is InChI=1S/C22H29N5O2.2ClH/c23-20(17-4-2-1-3-5-17)21(29)26-12-9-22(10-13-26)8-6-19(28)27(15-22)11-7-18-14-24-16-25-18;;/h1-5,14,16,20H,6-13,15,23H2,(H,24,25);2*1H/t20-;;/m1../s1. The van der Waals surface area contributed by atoms with E-state index in [4.69, 9.17) is 5.73 Å². The highest BCUT2D eigenvalue weighted by atomic mass is 35.5. The van der Waals surface area contributed by atoms with E-state index in [9.17, 15) is 9.59 Å². The number of likely N-dealkylation sites (tertiary alicyclic amines) is 2. The average Bonchev–Trinajstić information content (AvgIpc) is 3.28. The Morgan fingerprint density at radius 1 is 1.16 bits per heavy atom. The smallest absolute Gasteiger partial charge is 0.244 e. The number of nitrogens with zero attached hydrogens (tertiary/aromatic N) is 3. The molecule has 3 heterocycles. The Bertz CT molecular complexity index is 839. The minimum atomic E-state index is -0.607. The Kier molecular flexibility index (Phi) is 8.91. The number of carbonyl (C=O) groups excluding carboxylic acids is 2. The summed E-state index contributed by atoms with van der Waals surface area (Å²) in [6, 6.07) is 8.93. The summed E-state index contributed by atoms with van der Waals surface area (Å²) < 4.78 is 0. The van der Waals surface area contributed by atoms with Crippen molar-refractivity contribution < 1.29 is 9.59 Å². The molecule has 1 aromatic heterocycles. The first-order chi connectivity index (χ1) is 14.1. The van der Waals surface area contributed by atoms with E-state index in [-0.39, 0.29) is 42.0 Å². The van der Waals surface area contributed by atoms with Gasteiger partial charge < -0.3 is 20.5 Å². The third-order valence-electron chi connectivity index (χ3n) is 6.51. The third kappa shape index (κ3) is 5.79. The van der Waals surface area contributed by atoms with Crippen molar-refractivity contribution in [3.63, 3.8) is 0 Å². The summed E-state index contributed by atoms with van der Waals surface area (Å²) in [5.41, 5.74) is 8.24. The first-order valence-corrected chi connectivity index (χ1v) is 10.4. The Balaban J connectivity index is 0.00000171. The fraction of sp³-hybridized carbons (Fsp3) is 0.500. The van der Waals surface area contributed by atoms with Crippen LogP contribution in [0.3, 0.4) is 0 Å². The van der Waals surface area contributed by atoms with Gasteiger partial charge in [-0.3, -0.25) is 9.59 Å². The molecule has 1 spiro atoms. The monoisotopic (exact) mass is 467 g/mol. The topological polar surface area (TPSA) is 95.3 Å². The van der Waals surface area contributed by atoms with Crippen molar-refractivity contribution in [3.8, 4) is 0 Å². The predicted octanol–water partition coefficient (Wildman–Crippen LogP) is 2.73. The van der Waals surface area contributed by atoms with Crippen LogP contribution < -0.4 is 5.73 Å². The van der Waals surface area contributed by atoms with Gasteiger partial charge in [-0.2, -0.15) is 0 Å². The largest absolute Gasteiger partial charge is 0.348 e. The van der Waals surface area contributed by atoms with E-state index in [1.54, 1.807) is 6.33 Å². The van der Waals surface area contributed by atoms with E-state index in [1.807, 2.05) is 46.3 Å². The molecule has 0 saturated carbocycles. The highest BCUT2D eigenvalue weighted by molar-refractivity contribution is 5.85.